The Hall–Kier alpha value is -5.43. The Morgan fingerprint density at radius 3 is 2.47 bits per heavy atom. The van der Waals surface area contributed by atoms with Crippen LogP contribution in [0.1, 0.15) is 70.6 Å². The van der Waals surface area contributed by atoms with Gasteiger partial charge in [-0.3, -0.25) is 19.7 Å². The van der Waals surface area contributed by atoms with Gasteiger partial charge in [-0.25, -0.2) is 14.8 Å². The van der Waals surface area contributed by atoms with Gasteiger partial charge in [0.25, 0.3) is 5.91 Å². The number of carbonyl (C=O) groups excluding carboxylic acids is 4. The number of nitrogens with one attached hydrogen (secondary N) is 3. The van der Waals surface area contributed by atoms with Crippen molar-refractivity contribution in [3.63, 3.8) is 0 Å². The van der Waals surface area contributed by atoms with Gasteiger partial charge in [-0.15, -0.1) is 11.3 Å². The Balaban J connectivity index is 1.22. The Morgan fingerprint density at radius 1 is 1.02 bits per heavy atom. The highest BCUT2D eigenvalue weighted by Crippen LogP contribution is 2.46. The van der Waals surface area contributed by atoms with Gasteiger partial charge >= 0.3 is 6.09 Å². The van der Waals surface area contributed by atoms with Crippen molar-refractivity contribution in [3.05, 3.63) is 41.8 Å². The molecule has 2 saturated carbocycles. The molecule has 0 radical (unpaired) electrons. The summed E-state index contributed by atoms with van der Waals surface area (Å²) in [5, 5.41) is 19.1. The molecule has 4 aliphatic rings. The van der Waals surface area contributed by atoms with Crippen molar-refractivity contribution in [2.75, 3.05) is 20.8 Å². The number of benzene rings is 1. The van der Waals surface area contributed by atoms with Crippen molar-refractivity contribution in [2.45, 2.75) is 100 Å². The first kappa shape index (κ1) is 37.9. The number of rotatable bonds is 8. The second kappa shape index (κ2) is 16.5. The molecule has 3 fully saturated rings. The van der Waals surface area contributed by atoms with E-state index in [1.54, 1.807) is 25.4 Å². The molecule has 290 valence electrons. The summed E-state index contributed by atoms with van der Waals surface area (Å²) in [5.74, 6) is -0.792. The molecule has 16 heteroatoms. The molecular formula is C39H45N7O8S. The van der Waals surface area contributed by atoms with Crippen LogP contribution in [-0.2, 0) is 19.1 Å². The van der Waals surface area contributed by atoms with E-state index in [1.807, 2.05) is 29.7 Å². The molecule has 1 saturated heterocycles. The summed E-state index contributed by atoms with van der Waals surface area (Å²) in [6, 6.07) is 5.20. The van der Waals surface area contributed by atoms with Crippen LogP contribution in [0.2, 0.25) is 0 Å². The number of amides is 4. The molecule has 2 aromatic heterocycles. The van der Waals surface area contributed by atoms with E-state index < -0.39 is 47.5 Å². The predicted molar refractivity (Wildman–Crippen MR) is 201 cm³/mol. The molecule has 2 aliphatic carbocycles. The molecule has 55 heavy (non-hydrogen) atoms. The maximum absolute atomic E-state index is 14.6. The third kappa shape index (κ3) is 8.17. The monoisotopic (exact) mass is 771 g/mol. The molecule has 5 atom stereocenters. The van der Waals surface area contributed by atoms with E-state index in [9.17, 15) is 24.4 Å². The highest BCUT2D eigenvalue weighted by Gasteiger charge is 2.61. The fourth-order valence-electron chi connectivity index (χ4n) is 7.84. The van der Waals surface area contributed by atoms with Gasteiger partial charge in [0.05, 0.1) is 36.7 Å². The molecule has 1 unspecified atom stereocenters. The summed E-state index contributed by atoms with van der Waals surface area (Å²) in [6.45, 7) is -0.0109. The van der Waals surface area contributed by atoms with Crippen LogP contribution in [0.25, 0.3) is 21.6 Å². The zero-order chi connectivity index (χ0) is 38.5. The fourth-order valence-corrected chi connectivity index (χ4v) is 8.55. The summed E-state index contributed by atoms with van der Waals surface area (Å²) in [7, 11) is 3.07. The van der Waals surface area contributed by atoms with Crippen molar-refractivity contribution < 1.29 is 38.1 Å². The molecule has 3 N–H and O–H groups in total. The standard InChI is InChI=1S/C39H45N7O8S/c1-51-30-18-27-28(19-31(30)52-2)43-35(33(42-27)32-15-10-16-55-32)53-25-17-29-34(47)45-39(37(49)41-22-40)20-23(39)11-6-4-3-5-7-14-26(36(48)46(29)21-25)44-38(50)54-24-12-8-9-13-24/h6,10-11,15-16,18-19,23-26,29H,3-5,7-9,12-14,17,20-21H2,1-2H3,(H,41,49)(H,44,50)(H,45,47)/b11-6+/t23?,25-,26-,29+,39-/m1/s1. The smallest absolute Gasteiger partial charge is 0.408 e. The van der Waals surface area contributed by atoms with Crippen LogP contribution in [-0.4, -0.2) is 89.3 Å². The lowest BCUT2D eigenvalue weighted by molar-refractivity contribution is -0.141. The molecule has 2 aliphatic heterocycles. The molecule has 3 aromatic rings. The third-order valence-corrected chi connectivity index (χ3v) is 11.7. The number of nitrogens with zero attached hydrogens (tertiary/aromatic N) is 4. The lowest BCUT2D eigenvalue weighted by Crippen LogP contribution is -2.57. The van der Waals surface area contributed by atoms with Crippen molar-refractivity contribution in [1.82, 2.24) is 30.8 Å². The van der Waals surface area contributed by atoms with Crippen LogP contribution in [0.15, 0.2) is 41.8 Å². The maximum Gasteiger partial charge on any atom is 0.408 e. The van der Waals surface area contributed by atoms with Gasteiger partial charge in [0.1, 0.15) is 35.5 Å². The fraction of sp³-hybridized carbons (Fsp3) is 0.513. The average molecular weight is 772 g/mol. The molecule has 4 heterocycles. The number of methoxy groups -OCH3 is 2. The van der Waals surface area contributed by atoms with Crippen molar-refractivity contribution in [2.24, 2.45) is 5.92 Å². The third-order valence-electron chi connectivity index (χ3n) is 10.9. The minimum Gasteiger partial charge on any atom is -0.493 e. The van der Waals surface area contributed by atoms with Crippen molar-refractivity contribution in [1.29, 1.82) is 5.26 Å². The zero-order valence-corrected chi connectivity index (χ0v) is 31.7. The molecule has 1 aromatic carbocycles. The summed E-state index contributed by atoms with van der Waals surface area (Å²) in [4.78, 5) is 67.3. The molecule has 15 nitrogen and oxygen atoms in total. The molecular weight excluding hydrogens is 727 g/mol. The highest BCUT2D eigenvalue weighted by molar-refractivity contribution is 7.13. The van der Waals surface area contributed by atoms with Gasteiger partial charge in [0.2, 0.25) is 17.7 Å². The van der Waals surface area contributed by atoms with Crippen molar-refractivity contribution in [3.8, 4) is 34.1 Å². The predicted octanol–water partition coefficient (Wildman–Crippen LogP) is 4.75. The number of alkyl carbamates (subject to hydrolysis) is 1. The van der Waals surface area contributed by atoms with E-state index in [4.69, 9.17) is 28.9 Å². The van der Waals surface area contributed by atoms with E-state index in [0.29, 0.717) is 47.5 Å². The number of aromatic nitrogens is 2. The van der Waals surface area contributed by atoms with Crippen molar-refractivity contribution >= 4 is 46.2 Å². The SMILES string of the molecule is COc1cc2nc(O[C@@H]3C[C@H]4C(=O)N[C@]5(C(=O)NC#N)CC5/C=C/CCCCC[C@@H](NC(=O)OC5CCCC5)C(=O)N4C3)c(-c3cccs3)nc2cc1OC. The lowest BCUT2D eigenvalue weighted by Gasteiger charge is -2.29. The van der Waals surface area contributed by atoms with Crippen LogP contribution >= 0.6 is 11.3 Å². The number of allylic oxidation sites excluding steroid dienone is 1. The topological polar surface area (TPSA) is 194 Å². The Bertz CT molecular complexity index is 2000. The first-order valence-electron chi connectivity index (χ1n) is 18.8. The largest absolute Gasteiger partial charge is 0.493 e. The number of hydrogen-bond donors (Lipinski definition) is 3. The average Bonchev–Trinajstić information content (AvgIpc) is 3.68. The summed E-state index contributed by atoms with van der Waals surface area (Å²) in [6.07, 6.45) is 11.3. The van der Waals surface area contributed by atoms with E-state index in [-0.39, 0.29) is 30.9 Å². The number of nitriles is 1. The molecule has 0 bridgehead atoms. The van der Waals surface area contributed by atoms with Gasteiger partial charge in [-0.2, -0.15) is 5.26 Å². The summed E-state index contributed by atoms with van der Waals surface area (Å²) >= 11 is 1.46. The van der Waals surface area contributed by atoms with Crippen LogP contribution < -0.4 is 30.2 Å². The minimum absolute atomic E-state index is 0.0109. The second-order valence-electron chi connectivity index (χ2n) is 14.4. The van der Waals surface area contributed by atoms with Crippen LogP contribution in [0, 0.1) is 17.4 Å². The Kier molecular flexibility index (Phi) is 11.4. The normalized spacial score (nSPS) is 26.3. The number of thiophene rings is 1. The van der Waals surface area contributed by atoms with Gasteiger partial charge in [-0.05, 0) is 62.8 Å². The summed E-state index contributed by atoms with van der Waals surface area (Å²) in [5.41, 5.74) is 0.173. The first-order chi connectivity index (χ1) is 26.7. The van der Waals surface area contributed by atoms with Crippen LogP contribution in [0.3, 0.4) is 0 Å². The Labute approximate surface area is 322 Å². The van der Waals surface area contributed by atoms with Crippen LogP contribution in [0.4, 0.5) is 4.79 Å². The number of carbonyl (C=O) groups is 4. The van der Waals surface area contributed by atoms with E-state index in [2.05, 4.69) is 16.0 Å². The van der Waals surface area contributed by atoms with Gasteiger partial charge in [0.15, 0.2) is 17.7 Å². The molecule has 4 amide bonds. The minimum atomic E-state index is -1.34. The number of fused-ring (bicyclic) bond motifs is 3. The number of hydrogen-bond acceptors (Lipinski definition) is 12. The highest BCUT2D eigenvalue weighted by atomic mass is 32.1. The van der Waals surface area contributed by atoms with Crippen LogP contribution in [0.5, 0.6) is 17.4 Å². The van der Waals surface area contributed by atoms with Gasteiger partial charge < -0.3 is 34.5 Å². The molecule has 7 rings (SSSR count). The van der Waals surface area contributed by atoms with Gasteiger partial charge in [-0.1, -0.05) is 31.1 Å². The summed E-state index contributed by atoms with van der Waals surface area (Å²) < 4.78 is 23.3. The van der Waals surface area contributed by atoms with E-state index >= 15 is 0 Å². The van der Waals surface area contributed by atoms with Gasteiger partial charge in [0, 0.05) is 24.5 Å². The number of ether oxygens (including phenoxy) is 4. The van der Waals surface area contributed by atoms with E-state index in [0.717, 1.165) is 49.8 Å². The quantitative estimate of drug-likeness (QED) is 0.163. The zero-order valence-electron chi connectivity index (χ0n) is 30.9. The maximum atomic E-state index is 14.6. The van der Waals surface area contributed by atoms with E-state index in [1.165, 1.54) is 23.3 Å². The molecule has 0 spiro atoms. The first-order valence-corrected chi connectivity index (χ1v) is 19.7. The lowest BCUT2D eigenvalue weighted by atomic mass is 10.0. The Morgan fingerprint density at radius 2 is 1.76 bits per heavy atom. The second-order valence-corrected chi connectivity index (χ2v) is 15.4.